The molecule has 9 heteroatoms. The van der Waals surface area contributed by atoms with Gasteiger partial charge in [-0.2, -0.15) is 13.2 Å². The molecule has 2 N–H and O–H groups in total. The Balaban J connectivity index is 2.08. The molecule has 0 amide bonds. The molecule has 5 nitrogen and oxygen atoms in total. The average molecular weight is 404 g/mol. The fourth-order valence-corrected chi connectivity index (χ4v) is 3.04. The summed E-state index contributed by atoms with van der Waals surface area (Å²) < 4.78 is 58.1. The molecule has 0 aromatic heterocycles. The molecular formula is C19H28F4N4O. The van der Waals surface area contributed by atoms with Crippen LogP contribution in [0.15, 0.2) is 23.2 Å². The monoisotopic (exact) mass is 404 g/mol. The van der Waals surface area contributed by atoms with Gasteiger partial charge in [0.2, 0.25) is 0 Å². The highest BCUT2D eigenvalue weighted by molar-refractivity contribution is 5.79. The molecule has 0 atom stereocenters. The van der Waals surface area contributed by atoms with E-state index < -0.39 is 17.6 Å². The minimum Gasteiger partial charge on any atom is -0.379 e. The van der Waals surface area contributed by atoms with Gasteiger partial charge < -0.3 is 15.4 Å². The molecule has 2 rings (SSSR count). The molecule has 1 aromatic carbocycles. The van der Waals surface area contributed by atoms with Crippen LogP contribution < -0.4 is 10.6 Å². The molecule has 1 aliphatic rings. The lowest BCUT2D eigenvalue weighted by Gasteiger charge is -2.41. The van der Waals surface area contributed by atoms with Gasteiger partial charge in [-0.1, -0.05) is 6.07 Å². The van der Waals surface area contributed by atoms with Gasteiger partial charge in [0, 0.05) is 31.7 Å². The quantitative estimate of drug-likeness (QED) is 0.435. The molecule has 158 valence electrons. The van der Waals surface area contributed by atoms with Crippen molar-refractivity contribution < 1.29 is 22.3 Å². The summed E-state index contributed by atoms with van der Waals surface area (Å²) in [5.74, 6) is -0.501. The first-order valence-corrected chi connectivity index (χ1v) is 9.34. The van der Waals surface area contributed by atoms with E-state index in [1.54, 1.807) is 0 Å². The minimum atomic E-state index is -4.63. The SMILES string of the molecule is CCNC(=NCc1ccc(F)cc1C(F)(F)F)NCC(C)(C)N1CCOCC1. The number of hydrogen-bond acceptors (Lipinski definition) is 3. The molecule has 0 saturated carbocycles. The Morgan fingerprint density at radius 3 is 2.46 bits per heavy atom. The summed E-state index contributed by atoms with van der Waals surface area (Å²) in [5.41, 5.74) is -1.24. The number of nitrogens with zero attached hydrogens (tertiary/aromatic N) is 2. The lowest BCUT2D eigenvalue weighted by atomic mass is 10.0. The third-order valence-electron chi connectivity index (χ3n) is 4.68. The molecule has 1 aromatic rings. The normalized spacial score (nSPS) is 16.9. The Kier molecular flexibility index (Phi) is 7.65. The van der Waals surface area contributed by atoms with Crippen LogP contribution in [-0.4, -0.2) is 55.8 Å². The zero-order chi connectivity index (χ0) is 20.8. The van der Waals surface area contributed by atoms with E-state index >= 15 is 0 Å². The van der Waals surface area contributed by atoms with E-state index in [2.05, 4.69) is 34.4 Å². The van der Waals surface area contributed by atoms with Crippen molar-refractivity contribution in [2.45, 2.75) is 39.0 Å². The number of nitrogens with one attached hydrogen (secondary N) is 2. The molecule has 0 spiro atoms. The van der Waals surface area contributed by atoms with E-state index in [0.717, 1.165) is 25.2 Å². The maximum absolute atomic E-state index is 13.3. The van der Waals surface area contributed by atoms with Crippen LogP contribution >= 0.6 is 0 Å². The highest BCUT2D eigenvalue weighted by Crippen LogP contribution is 2.32. The van der Waals surface area contributed by atoms with E-state index in [9.17, 15) is 17.6 Å². The van der Waals surface area contributed by atoms with Gasteiger partial charge >= 0.3 is 6.18 Å². The van der Waals surface area contributed by atoms with Crippen molar-refractivity contribution >= 4 is 5.96 Å². The van der Waals surface area contributed by atoms with Crippen molar-refractivity contribution in [2.75, 3.05) is 39.4 Å². The predicted molar refractivity (Wildman–Crippen MR) is 101 cm³/mol. The second kappa shape index (κ2) is 9.56. The first-order chi connectivity index (χ1) is 13.1. The first kappa shape index (κ1) is 22.4. The standard InChI is InChI=1S/C19H28F4N4O/c1-4-24-17(26-13-18(2,3)27-7-9-28-10-8-27)25-12-14-5-6-15(20)11-16(14)19(21,22)23/h5-6,11H,4,7-10,12-13H2,1-3H3,(H2,24,25,26). The van der Waals surface area contributed by atoms with Gasteiger partial charge in [-0.25, -0.2) is 9.38 Å². The minimum absolute atomic E-state index is 0.0708. The largest absolute Gasteiger partial charge is 0.416 e. The summed E-state index contributed by atoms with van der Waals surface area (Å²) >= 11 is 0. The maximum atomic E-state index is 13.3. The molecule has 1 aliphatic heterocycles. The third-order valence-corrected chi connectivity index (χ3v) is 4.68. The third kappa shape index (κ3) is 6.34. The summed E-state index contributed by atoms with van der Waals surface area (Å²) in [6.45, 7) is 10.0. The Morgan fingerprint density at radius 1 is 1.18 bits per heavy atom. The molecule has 1 saturated heterocycles. The topological polar surface area (TPSA) is 48.9 Å². The molecule has 1 fully saturated rings. The average Bonchev–Trinajstić information content (AvgIpc) is 2.65. The van der Waals surface area contributed by atoms with Crippen LogP contribution in [0.4, 0.5) is 17.6 Å². The summed E-state index contributed by atoms with van der Waals surface area (Å²) in [5, 5.41) is 6.24. The van der Waals surface area contributed by atoms with Crippen LogP contribution in [0.2, 0.25) is 0 Å². The van der Waals surface area contributed by atoms with Crippen molar-refractivity contribution in [1.82, 2.24) is 15.5 Å². The van der Waals surface area contributed by atoms with E-state index in [0.29, 0.717) is 38.3 Å². The van der Waals surface area contributed by atoms with E-state index in [1.807, 2.05) is 6.92 Å². The van der Waals surface area contributed by atoms with Crippen molar-refractivity contribution in [3.63, 3.8) is 0 Å². The van der Waals surface area contributed by atoms with Crippen LogP contribution in [0.3, 0.4) is 0 Å². The van der Waals surface area contributed by atoms with Crippen LogP contribution in [0.1, 0.15) is 31.9 Å². The second-order valence-electron chi connectivity index (χ2n) is 7.26. The maximum Gasteiger partial charge on any atom is 0.416 e. The van der Waals surface area contributed by atoms with Gasteiger partial charge in [0.25, 0.3) is 0 Å². The summed E-state index contributed by atoms with van der Waals surface area (Å²) in [6, 6.07) is 2.65. The van der Waals surface area contributed by atoms with Crippen molar-refractivity contribution in [3.05, 3.63) is 35.1 Å². The zero-order valence-electron chi connectivity index (χ0n) is 16.5. The number of benzene rings is 1. The first-order valence-electron chi connectivity index (χ1n) is 9.34. The number of halogens is 4. The van der Waals surface area contributed by atoms with Crippen LogP contribution in [0, 0.1) is 5.82 Å². The van der Waals surface area contributed by atoms with E-state index in [4.69, 9.17) is 4.74 Å². The molecule has 0 unspecified atom stereocenters. The molecule has 28 heavy (non-hydrogen) atoms. The molecular weight excluding hydrogens is 376 g/mol. The molecule has 0 bridgehead atoms. The summed E-state index contributed by atoms with van der Waals surface area (Å²) in [6.07, 6.45) is -4.63. The number of alkyl halides is 3. The van der Waals surface area contributed by atoms with Gasteiger partial charge in [-0.15, -0.1) is 0 Å². The highest BCUT2D eigenvalue weighted by atomic mass is 19.4. The van der Waals surface area contributed by atoms with Crippen molar-refractivity contribution in [1.29, 1.82) is 0 Å². The lowest BCUT2D eigenvalue weighted by molar-refractivity contribution is -0.138. The van der Waals surface area contributed by atoms with Gasteiger partial charge in [-0.3, -0.25) is 4.90 Å². The van der Waals surface area contributed by atoms with Gasteiger partial charge in [0.15, 0.2) is 5.96 Å². The van der Waals surface area contributed by atoms with Crippen LogP contribution in [0.5, 0.6) is 0 Å². The van der Waals surface area contributed by atoms with Crippen LogP contribution in [0.25, 0.3) is 0 Å². The summed E-state index contributed by atoms with van der Waals surface area (Å²) in [7, 11) is 0. The number of ether oxygens (including phenoxy) is 1. The van der Waals surface area contributed by atoms with Gasteiger partial charge in [0.05, 0.1) is 25.3 Å². The zero-order valence-corrected chi connectivity index (χ0v) is 16.5. The number of hydrogen-bond donors (Lipinski definition) is 2. The van der Waals surface area contributed by atoms with Crippen molar-refractivity contribution in [3.8, 4) is 0 Å². The number of rotatable bonds is 6. The Hall–Kier alpha value is -1.87. The van der Waals surface area contributed by atoms with Gasteiger partial charge in [0.1, 0.15) is 5.82 Å². The van der Waals surface area contributed by atoms with E-state index in [-0.39, 0.29) is 17.6 Å². The predicted octanol–water partition coefficient (Wildman–Crippen LogP) is 3.01. The fourth-order valence-electron chi connectivity index (χ4n) is 3.04. The number of aliphatic imine (C=N–C) groups is 1. The molecule has 0 aliphatic carbocycles. The Morgan fingerprint density at radius 2 is 1.86 bits per heavy atom. The molecule has 1 heterocycles. The second-order valence-corrected chi connectivity index (χ2v) is 7.26. The Labute approximate surface area is 163 Å². The van der Waals surface area contributed by atoms with Gasteiger partial charge in [-0.05, 0) is 38.5 Å². The highest BCUT2D eigenvalue weighted by Gasteiger charge is 2.33. The van der Waals surface area contributed by atoms with Crippen molar-refractivity contribution in [2.24, 2.45) is 4.99 Å². The fraction of sp³-hybridized carbons (Fsp3) is 0.632. The Bertz CT molecular complexity index is 670. The smallest absolute Gasteiger partial charge is 0.379 e. The van der Waals surface area contributed by atoms with Crippen LogP contribution in [-0.2, 0) is 17.5 Å². The number of guanidine groups is 1. The van der Waals surface area contributed by atoms with E-state index in [1.165, 1.54) is 0 Å². The number of morpholine rings is 1. The molecule has 0 radical (unpaired) electrons. The lowest BCUT2D eigenvalue weighted by Crippen LogP contribution is -2.56. The summed E-state index contributed by atoms with van der Waals surface area (Å²) in [4.78, 5) is 6.56.